The van der Waals surface area contributed by atoms with Crippen molar-refractivity contribution in [2.45, 2.75) is 62.6 Å². The van der Waals surface area contributed by atoms with Gasteiger partial charge in [0.2, 0.25) is 0 Å². The number of aromatic nitrogens is 2. The summed E-state index contributed by atoms with van der Waals surface area (Å²) in [7, 11) is 2.12. The predicted octanol–water partition coefficient (Wildman–Crippen LogP) is 5.59. The van der Waals surface area contributed by atoms with Crippen LogP contribution in [0.5, 0.6) is 11.8 Å². The van der Waals surface area contributed by atoms with Crippen molar-refractivity contribution >= 4 is 27.5 Å². The van der Waals surface area contributed by atoms with E-state index in [0.29, 0.717) is 41.4 Å². The number of likely N-dealkylation sites (tertiary alicyclic amines) is 1. The lowest BCUT2D eigenvalue weighted by atomic mass is 9.90. The first-order valence-electron chi connectivity index (χ1n) is 15.1. The van der Waals surface area contributed by atoms with Gasteiger partial charge >= 0.3 is 6.01 Å². The Morgan fingerprint density at radius 2 is 1.80 bits per heavy atom. The zero-order chi connectivity index (χ0) is 27.7. The van der Waals surface area contributed by atoms with E-state index in [1.807, 2.05) is 24.3 Å². The Labute approximate surface area is 239 Å². The molecule has 2 unspecified atom stereocenters. The van der Waals surface area contributed by atoms with Crippen molar-refractivity contribution < 1.29 is 14.2 Å². The van der Waals surface area contributed by atoms with Crippen LogP contribution in [0.3, 0.4) is 0 Å². The highest BCUT2D eigenvalue weighted by Gasteiger charge is 2.36. The Morgan fingerprint density at radius 1 is 1.00 bits per heavy atom. The Hall–Kier alpha value is -3.49. The minimum Gasteiger partial charge on any atom is -0.508 e. The normalized spacial score (nSPS) is 24.5. The quantitative estimate of drug-likeness (QED) is 0.323. The van der Waals surface area contributed by atoms with Gasteiger partial charge in [-0.1, -0.05) is 24.3 Å². The average Bonchev–Trinajstić information content (AvgIpc) is 3.66. The fourth-order valence-corrected chi connectivity index (χ4v) is 7.34. The number of phenolic OH excluding ortho intramolecular Hbond substituents is 1. The van der Waals surface area contributed by atoms with Crippen LogP contribution in [0.1, 0.15) is 50.0 Å². The molecule has 1 aromatic heterocycles. The van der Waals surface area contributed by atoms with Crippen molar-refractivity contribution in [1.29, 1.82) is 0 Å². The number of piperazine rings is 1. The molecular formula is C33H36FN5O2. The van der Waals surface area contributed by atoms with Crippen LogP contribution in [0.15, 0.2) is 42.5 Å². The predicted molar refractivity (Wildman–Crippen MR) is 159 cm³/mol. The summed E-state index contributed by atoms with van der Waals surface area (Å²) in [6.07, 6.45) is 6.58. The number of fused-ring (bicyclic) bond motifs is 4. The van der Waals surface area contributed by atoms with Crippen molar-refractivity contribution in [3.63, 3.8) is 0 Å². The van der Waals surface area contributed by atoms with E-state index < -0.39 is 0 Å². The number of aromatic hydroxyl groups is 1. The fraction of sp³-hybridized carbons (Fsp3) is 0.455. The molecule has 41 heavy (non-hydrogen) atoms. The van der Waals surface area contributed by atoms with Gasteiger partial charge in [-0.3, -0.25) is 0 Å². The van der Waals surface area contributed by atoms with E-state index in [1.165, 1.54) is 0 Å². The molecule has 0 spiro atoms. The van der Waals surface area contributed by atoms with Gasteiger partial charge in [-0.25, -0.2) is 4.39 Å². The van der Waals surface area contributed by atoms with Gasteiger partial charge in [0.05, 0.1) is 0 Å². The van der Waals surface area contributed by atoms with Crippen molar-refractivity contribution in [2.24, 2.45) is 0 Å². The smallest absolute Gasteiger partial charge is 0.319 e. The van der Waals surface area contributed by atoms with E-state index in [9.17, 15) is 5.11 Å². The number of hydrogen-bond acceptors (Lipinski definition) is 7. The first-order valence-corrected chi connectivity index (χ1v) is 15.1. The van der Waals surface area contributed by atoms with Gasteiger partial charge in [0.15, 0.2) is 5.82 Å². The number of phenols is 1. The number of nitrogens with zero attached hydrogens (tertiary/aromatic N) is 4. The maximum atomic E-state index is 17.1. The standard InChI is InChI=1S/C33H36FN5O2/c1-38-12-4-6-23(38)18-41-33-36-31-28(32(37-33)39-16-21-10-11-22(17-39)35-21)15-26(19-8-9-19)29(30(31)34)27-14-24(40)13-20-5-2-3-7-25(20)27/h2-3,5,7,13-15,19,21-23,35,40H,4,6,8-12,16-18H2,1H3/t21?,22?,23-/m0/s1. The van der Waals surface area contributed by atoms with Crippen LogP contribution in [-0.2, 0) is 0 Å². The number of nitrogens with one attached hydrogen (secondary N) is 1. The maximum Gasteiger partial charge on any atom is 0.319 e. The minimum atomic E-state index is -0.357. The summed E-state index contributed by atoms with van der Waals surface area (Å²) in [5.74, 6) is 0.830. The molecule has 8 heteroatoms. The molecule has 4 heterocycles. The molecule has 0 radical (unpaired) electrons. The summed E-state index contributed by atoms with van der Waals surface area (Å²) in [6.45, 7) is 3.22. The van der Waals surface area contributed by atoms with Crippen LogP contribution in [0.25, 0.3) is 32.8 Å². The molecule has 0 amide bonds. The van der Waals surface area contributed by atoms with Crippen LogP contribution in [0, 0.1) is 5.82 Å². The molecule has 3 aromatic carbocycles. The van der Waals surface area contributed by atoms with Gasteiger partial charge < -0.3 is 25.0 Å². The van der Waals surface area contributed by atoms with Gasteiger partial charge in [0, 0.05) is 42.2 Å². The van der Waals surface area contributed by atoms with Crippen LogP contribution >= 0.6 is 0 Å². The molecule has 212 valence electrons. The lowest BCUT2D eigenvalue weighted by Crippen LogP contribution is -2.51. The Morgan fingerprint density at radius 3 is 2.56 bits per heavy atom. The highest BCUT2D eigenvalue weighted by atomic mass is 19.1. The lowest BCUT2D eigenvalue weighted by Gasteiger charge is -2.34. The zero-order valence-electron chi connectivity index (χ0n) is 23.4. The molecule has 3 saturated heterocycles. The number of halogens is 1. The Balaban J connectivity index is 1.32. The van der Waals surface area contributed by atoms with Crippen LogP contribution in [0.4, 0.5) is 10.2 Å². The van der Waals surface area contributed by atoms with Crippen LogP contribution in [-0.4, -0.2) is 71.4 Å². The number of rotatable bonds is 6. The molecule has 4 fully saturated rings. The third-order valence-electron chi connectivity index (χ3n) is 9.65. The number of ether oxygens (including phenoxy) is 1. The first kappa shape index (κ1) is 25.2. The molecule has 1 saturated carbocycles. The van der Waals surface area contributed by atoms with Crippen molar-refractivity contribution in [3.05, 3.63) is 53.8 Å². The summed E-state index contributed by atoms with van der Waals surface area (Å²) in [5, 5.41) is 16.9. The maximum absolute atomic E-state index is 17.1. The number of anilines is 1. The van der Waals surface area contributed by atoms with Crippen molar-refractivity contribution in [3.8, 4) is 22.9 Å². The summed E-state index contributed by atoms with van der Waals surface area (Å²) >= 11 is 0. The van der Waals surface area contributed by atoms with E-state index in [-0.39, 0.29) is 23.5 Å². The third kappa shape index (κ3) is 4.48. The summed E-state index contributed by atoms with van der Waals surface area (Å²) < 4.78 is 23.3. The molecule has 1 aliphatic carbocycles. The van der Waals surface area contributed by atoms with Crippen LogP contribution < -0.4 is 15.0 Å². The highest BCUT2D eigenvalue weighted by Crippen LogP contribution is 2.49. The third-order valence-corrected chi connectivity index (χ3v) is 9.65. The Kier molecular flexibility index (Phi) is 6.04. The second kappa shape index (κ2) is 9.81. The van der Waals surface area contributed by atoms with Crippen molar-refractivity contribution in [1.82, 2.24) is 20.2 Å². The topological polar surface area (TPSA) is 73.8 Å². The average molecular weight is 554 g/mol. The van der Waals surface area contributed by atoms with Gasteiger partial charge in [0.1, 0.15) is 23.7 Å². The fourth-order valence-electron chi connectivity index (χ4n) is 7.34. The lowest BCUT2D eigenvalue weighted by molar-refractivity contribution is 0.188. The summed E-state index contributed by atoms with van der Waals surface area (Å²) in [6, 6.07) is 14.8. The van der Waals surface area contributed by atoms with Gasteiger partial charge in [-0.2, -0.15) is 9.97 Å². The zero-order valence-corrected chi connectivity index (χ0v) is 23.4. The second-order valence-corrected chi connectivity index (χ2v) is 12.5. The first-order chi connectivity index (χ1) is 20.0. The van der Waals surface area contributed by atoms with E-state index in [2.05, 4.69) is 28.2 Å². The monoisotopic (exact) mass is 553 g/mol. The van der Waals surface area contributed by atoms with Crippen molar-refractivity contribution in [2.75, 3.05) is 38.2 Å². The molecule has 8 rings (SSSR count). The number of hydrogen-bond donors (Lipinski definition) is 2. The Bertz CT molecular complexity index is 1640. The molecule has 7 nitrogen and oxygen atoms in total. The molecular weight excluding hydrogens is 517 g/mol. The van der Waals surface area contributed by atoms with Crippen LogP contribution in [0.2, 0.25) is 0 Å². The second-order valence-electron chi connectivity index (χ2n) is 12.5. The molecule has 3 atom stereocenters. The summed E-state index contributed by atoms with van der Waals surface area (Å²) in [5.41, 5.74) is 2.52. The summed E-state index contributed by atoms with van der Waals surface area (Å²) in [4.78, 5) is 14.3. The van der Waals surface area contributed by atoms with E-state index in [0.717, 1.165) is 85.7 Å². The molecule has 3 aliphatic heterocycles. The van der Waals surface area contributed by atoms with Gasteiger partial charge in [-0.15, -0.1) is 0 Å². The van der Waals surface area contributed by atoms with Gasteiger partial charge in [0.25, 0.3) is 0 Å². The highest BCUT2D eigenvalue weighted by molar-refractivity contribution is 6.02. The molecule has 4 aliphatic rings. The molecule has 4 aromatic rings. The minimum absolute atomic E-state index is 0.129. The largest absolute Gasteiger partial charge is 0.508 e. The molecule has 2 N–H and O–H groups in total. The van der Waals surface area contributed by atoms with E-state index >= 15 is 4.39 Å². The van der Waals surface area contributed by atoms with E-state index in [1.54, 1.807) is 12.1 Å². The number of likely N-dealkylation sites (N-methyl/N-ethyl adjacent to an activating group) is 1. The SMILES string of the molecule is CN1CCC[C@H]1COc1nc(N2CC3CCC(C2)N3)c2cc(C3CC3)c(-c3cc(O)cc4ccccc34)c(F)c2n1. The molecule has 2 bridgehead atoms. The van der Waals surface area contributed by atoms with Gasteiger partial charge in [-0.05, 0) is 98.1 Å². The number of benzene rings is 3. The van der Waals surface area contributed by atoms with E-state index in [4.69, 9.17) is 14.7 Å².